The number of thiocarbonyl (C=S) groups is 1. The normalized spacial score (nSPS) is 12.1. The van der Waals surface area contributed by atoms with Crippen LogP contribution in [0.25, 0.3) is 0 Å². The minimum absolute atomic E-state index is 0.120. The molecule has 0 saturated carbocycles. The first-order valence-corrected chi connectivity index (χ1v) is 6.40. The molecule has 0 aliphatic carbocycles. The maximum absolute atomic E-state index is 10.9. The fourth-order valence-electron chi connectivity index (χ4n) is 1.57. The lowest BCUT2D eigenvalue weighted by atomic mass is 9.88. The Bertz CT molecular complexity index is 277. The van der Waals surface area contributed by atoms with Crippen LogP contribution in [0.4, 0.5) is 0 Å². The van der Waals surface area contributed by atoms with Crippen molar-refractivity contribution in [3.05, 3.63) is 0 Å². The summed E-state index contributed by atoms with van der Waals surface area (Å²) in [5.74, 6) is -0.285. The van der Waals surface area contributed by atoms with Crippen LogP contribution >= 0.6 is 12.2 Å². The molecule has 0 unspecified atom stereocenters. The molecule has 0 saturated heterocycles. The van der Waals surface area contributed by atoms with Crippen molar-refractivity contribution in [2.24, 2.45) is 16.9 Å². The number of hydrogen-bond donors (Lipinski definition) is 2. The van der Waals surface area contributed by atoms with Crippen LogP contribution in [0.1, 0.15) is 40.5 Å². The Morgan fingerprint density at radius 2 is 1.88 bits per heavy atom. The van der Waals surface area contributed by atoms with E-state index in [1.807, 2.05) is 13.8 Å². The van der Waals surface area contributed by atoms with Gasteiger partial charge >= 0.3 is 0 Å². The van der Waals surface area contributed by atoms with Gasteiger partial charge in [-0.3, -0.25) is 9.69 Å². The van der Waals surface area contributed by atoms with Gasteiger partial charge in [-0.1, -0.05) is 26.1 Å². The van der Waals surface area contributed by atoms with Crippen molar-refractivity contribution in [3.63, 3.8) is 0 Å². The number of hydrogen-bond acceptors (Lipinski definition) is 3. The summed E-state index contributed by atoms with van der Waals surface area (Å²) >= 11 is 5.02. The highest BCUT2D eigenvalue weighted by Gasteiger charge is 2.21. The van der Waals surface area contributed by atoms with E-state index < -0.39 is 0 Å². The monoisotopic (exact) mass is 259 g/mol. The highest BCUT2D eigenvalue weighted by molar-refractivity contribution is 7.80. The zero-order valence-electron chi connectivity index (χ0n) is 11.3. The Labute approximate surface area is 110 Å². The zero-order chi connectivity index (χ0) is 13.6. The third kappa shape index (κ3) is 6.58. The smallest absolute Gasteiger partial charge is 0.231 e. The molecule has 0 aliphatic heterocycles. The predicted octanol–water partition coefficient (Wildman–Crippen LogP) is 1.27. The maximum atomic E-state index is 10.9. The molecule has 4 N–H and O–H groups in total. The van der Waals surface area contributed by atoms with Gasteiger partial charge < -0.3 is 11.5 Å². The van der Waals surface area contributed by atoms with E-state index in [0.717, 1.165) is 19.4 Å². The third-order valence-corrected chi connectivity index (χ3v) is 3.56. The topological polar surface area (TPSA) is 72.3 Å². The summed E-state index contributed by atoms with van der Waals surface area (Å²) in [6.45, 7) is 9.35. The molecule has 0 heterocycles. The average Bonchev–Trinajstić information content (AvgIpc) is 2.14. The number of amides is 1. The van der Waals surface area contributed by atoms with Gasteiger partial charge in [-0.05, 0) is 33.2 Å². The molecule has 0 spiro atoms. The van der Waals surface area contributed by atoms with Gasteiger partial charge in [0, 0.05) is 11.5 Å². The van der Waals surface area contributed by atoms with E-state index in [-0.39, 0.29) is 11.3 Å². The van der Waals surface area contributed by atoms with Crippen LogP contribution in [0.3, 0.4) is 0 Å². The Kier molecular flexibility index (Phi) is 6.64. The van der Waals surface area contributed by atoms with E-state index in [9.17, 15) is 4.79 Å². The zero-order valence-corrected chi connectivity index (χ0v) is 12.1. The third-order valence-electron chi connectivity index (χ3n) is 3.00. The van der Waals surface area contributed by atoms with Crippen molar-refractivity contribution < 1.29 is 4.79 Å². The Hall–Kier alpha value is -0.680. The molecule has 0 bridgehead atoms. The SMILES string of the molecule is CC(C)N(CCCC(C)(C)C(N)=S)CC(N)=O. The molecular weight excluding hydrogens is 234 g/mol. The first kappa shape index (κ1) is 16.3. The first-order chi connectivity index (χ1) is 7.66. The van der Waals surface area contributed by atoms with Crippen LogP contribution in [-0.4, -0.2) is 34.9 Å². The van der Waals surface area contributed by atoms with Crippen LogP contribution in [0, 0.1) is 5.41 Å². The van der Waals surface area contributed by atoms with Gasteiger partial charge in [0.05, 0.1) is 11.5 Å². The molecule has 1 amide bonds. The van der Waals surface area contributed by atoms with Crippen LogP contribution in [0.5, 0.6) is 0 Å². The van der Waals surface area contributed by atoms with Crippen molar-refractivity contribution in [1.82, 2.24) is 4.90 Å². The Morgan fingerprint density at radius 3 is 2.24 bits per heavy atom. The van der Waals surface area contributed by atoms with Crippen LogP contribution in [0.2, 0.25) is 0 Å². The maximum Gasteiger partial charge on any atom is 0.231 e. The van der Waals surface area contributed by atoms with Crippen molar-refractivity contribution >= 4 is 23.1 Å². The summed E-state index contributed by atoms with van der Waals surface area (Å²) in [4.78, 5) is 13.5. The number of carbonyl (C=O) groups excluding carboxylic acids is 1. The lowest BCUT2D eigenvalue weighted by Crippen LogP contribution is -2.39. The molecule has 0 atom stereocenters. The summed E-state index contributed by atoms with van der Waals surface area (Å²) in [6, 6.07) is 0.315. The fourth-order valence-corrected chi connectivity index (χ4v) is 1.67. The van der Waals surface area contributed by atoms with E-state index in [1.165, 1.54) is 0 Å². The van der Waals surface area contributed by atoms with Crippen LogP contribution in [-0.2, 0) is 4.79 Å². The van der Waals surface area contributed by atoms with Gasteiger partial charge in [-0.15, -0.1) is 0 Å². The first-order valence-electron chi connectivity index (χ1n) is 5.99. The van der Waals surface area contributed by atoms with E-state index in [4.69, 9.17) is 23.7 Å². The summed E-state index contributed by atoms with van der Waals surface area (Å²) < 4.78 is 0. The Morgan fingerprint density at radius 1 is 1.35 bits per heavy atom. The second-order valence-electron chi connectivity index (χ2n) is 5.38. The van der Waals surface area contributed by atoms with Crippen molar-refractivity contribution in [2.45, 2.75) is 46.6 Å². The van der Waals surface area contributed by atoms with E-state index in [1.54, 1.807) is 0 Å². The minimum atomic E-state index is -0.285. The Balaban J connectivity index is 4.15. The highest BCUT2D eigenvalue weighted by atomic mass is 32.1. The molecule has 0 aromatic heterocycles. The number of nitrogens with two attached hydrogens (primary N) is 2. The second kappa shape index (κ2) is 6.91. The molecule has 0 radical (unpaired) electrons. The second-order valence-corrected chi connectivity index (χ2v) is 5.82. The molecule has 5 heteroatoms. The number of primary amides is 1. The molecule has 100 valence electrons. The highest BCUT2D eigenvalue weighted by Crippen LogP contribution is 2.22. The summed E-state index contributed by atoms with van der Waals surface area (Å²) in [5.41, 5.74) is 10.8. The van der Waals surface area contributed by atoms with Crippen LogP contribution in [0.15, 0.2) is 0 Å². The molecule has 0 aliphatic rings. The fraction of sp³-hybridized carbons (Fsp3) is 0.833. The van der Waals surface area contributed by atoms with E-state index in [0.29, 0.717) is 17.6 Å². The van der Waals surface area contributed by atoms with Crippen molar-refractivity contribution in [1.29, 1.82) is 0 Å². The van der Waals surface area contributed by atoms with Gasteiger partial charge in [0.2, 0.25) is 5.91 Å². The minimum Gasteiger partial charge on any atom is -0.393 e. The average molecular weight is 259 g/mol. The molecule has 0 aromatic rings. The molecular formula is C12H25N3OS. The van der Waals surface area contributed by atoms with E-state index in [2.05, 4.69) is 18.7 Å². The number of carbonyl (C=O) groups is 1. The molecule has 0 fully saturated rings. The van der Waals surface area contributed by atoms with Crippen molar-refractivity contribution in [2.75, 3.05) is 13.1 Å². The molecule has 0 rings (SSSR count). The number of nitrogens with zero attached hydrogens (tertiary/aromatic N) is 1. The van der Waals surface area contributed by atoms with Gasteiger partial charge in [0.1, 0.15) is 0 Å². The summed E-state index contributed by atoms with van der Waals surface area (Å²) in [7, 11) is 0. The van der Waals surface area contributed by atoms with Crippen LogP contribution < -0.4 is 11.5 Å². The summed E-state index contributed by atoms with van der Waals surface area (Å²) in [6.07, 6.45) is 1.88. The van der Waals surface area contributed by atoms with E-state index >= 15 is 0 Å². The standard InChI is InChI=1S/C12H25N3OS/c1-9(2)15(8-10(13)16)7-5-6-12(3,4)11(14)17/h9H,5-8H2,1-4H3,(H2,13,16)(H2,14,17). The summed E-state index contributed by atoms with van der Waals surface area (Å²) in [5, 5.41) is 0. The van der Waals surface area contributed by atoms with Gasteiger partial charge in [-0.25, -0.2) is 0 Å². The molecule has 4 nitrogen and oxygen atoms in total. The van der Waals surface area contributed by atoms with Gasteiger partial charge in [0.15, 0.2) is 0 Å². The predicted molar refractivity (Wildman–Crippen MR) is 75.7 cm³/mol. The van der Waals surface area contributed by atoms with Gasteiger partial charge in [-0.2, -0.15) is 0 Å². The number of rotatable bonds is 8. The molecule has 0 aromatic carbocycles. The lowest BCUT2D eigenvalue weighted by Gasteiger charge is -2.28. The van der Waals surface area contributed by atoms with Gasteiger partial charge in [0.25, 0.3) is 0 Å². The lowest BCUT2D eigenvalue weighted by molar-refractivity contribution is -0.119. The largest absolute Gasteiger partial charge is 0.393 e. The quantitative estimate of drug-likeness (QED) is 0.644. The molecule has 17 heavy (non-hydrogen) atoms. The van der Waals surface area contributed by atoms with Crippen molar-refractivity contribution in [3.8, 4) is 0 Å².